The molecule has 5 nitrogen and oxygen atoms in total. The van der Waals surface area contributed by atoms with Crippen molar-refractivity contribution in [2.45, 2.75) is 31.2 Å². The smallest absolute Gasteiger partial charge is 0.241 e. The fraction of sp³-hybridized carbons (Fsp3) is 0.692. The zero-order valence-electron chi connectivity index (χ0n) is 12.1. The Hall–Kier alpha value is -0.470. The molecule has 1 fully saturated rings. The second-order valence-electron chi connectivity index (χ2n) is 5.85. The maximum Gasteiger partial charge on any atom is 0.241 e. The van der Waals surface area contributed by atoms with Gasteiger partial charge in [-0.2, -0.15) is 0 Å². The van der Waals surface area contributed by atoms with Crippen LogP contribution in [0.3, 0.4) is 0 Å². The maximum atomic E-state index is 12.4. The van der Waals surface area contributed by atoms with Crippen LogP contribution in [0.5, 0.6) is 0 Å². The molecule has 1 aliphatic rings. The summed E-state index contributed by atoms with van der Waals surface area (Å²) in [5, 5.41) is 1.77. The fourth-order valence-electron chi connectivity index (χ4n) is 2.40. The lowest BCUT2D eigenvalue weighted by atomic mass is 9.81. The molecule has 0 spiro atoms. The third kappa shape index (κ3) is 3.59. The average molecular weight is 317 g/mol. The van der Waals surface area contributed by atoms with Crippen LogP contribution in [0.15, 0.2) is 16.3 Å². The Kier molecular flexibility index (Phi) is 4.86. The van der Waals surface area contributed by atoms with Crippen LogP contribution >= 0.6 is 11.3 Å². The van der Waals surface area contributed by atoms with Crippen molar-refractivity contribution in [2.75, 3.05) is 26.7 Å². The third-order valence-corrected chi connectivity index (χ3v) is 6.62. The van der Waals surface area contributed by atoms with Gasteiger partial charge < -0.3 is 10.6 Å². The summed E-state index contributed by atoms with van der Waals surface area (Å²) < 4.78 is 27.5. The predicted octanol–water partition coefficient (Wildman–Crippen LogP) is 1.22. The summed E-state index contributed by atoms with van der Waals surface area (Å²) in [4.78, 5) is 3.33. The van der Waals surface area contributed by atoms with Crippen molar-refractivity contribution in [2.24, 2.45) is 11.1 Å². The van der Waals surface area contributed by atoms with Crippen LogP contribution in [0.25, 0.3) is 0 Å². The minimum absolute atomic E-state index is 0.0402. The topological polar surface area (TPSA) is 75.4 Å². The monoisotopic (exact) mass is 317 g/mol. The number of hydrogen-bond donors (Lipinski definition) is 2. The summed E-state index contributed by atoms with van der Waals surface area (Å²) in [7, 11) is -1.34. The van der Waals surface area contributed by atoms with Crippen molar-refractivity contribution in [3.63, 3.8) is 0 Å². The van der Waals surface area contributed by atoms with Crippen LogP contribution in [0.2, 0.25) is 0 Å². The summed E-state index contributed by atoms with van der Waals surface area (Å²) >= 11 is 1.39. The predicted molar refractivity (Wildman–Crippen MR) is 82.2 cm³/mol. The van der Waals surface area contributed by atoms with Crippen LogP contribution in [0.1, 0.15) is 24.6 Å². The van der Waals surface area contributed by atoms with E-state index in [1.165, 1.54) is 11.3 Å². The van der Waals surface area contributed by atoms with Crippen LogP contribution in [-0.2, 0) is 16.6 Å². The summed E-state index contributed by atoms with van der Waals surface area (Å²) in [6.07, 6.45) is 2.03. The third-order valence-electron chi connectivity index (χ3n) is 4.06. The Morgan fingerprint density at radius 1 is 1.45 bits per heavy atom. The highest BCUT2D eigenvalue weighted by molar-refractivity contribution is 7.89. The van der Waals surface area contributed by atoms with Gasteiger partial charge in [0.15, 0.2) is 0 Å². The molecule has 0 bridgehead atoms. The van der Waals surface area contributed by atoms with Gasteiger partial charge in [-0.15, -0.1) is 11.3 Å². The van der Waals surface area contributed by atoms with Crippen molar-refractivity contribution in [3.8, 4) is 0 Å². The number of sulfonamides is 1. The highest BCUT2D eigenvalue weighted by Crippen LogP contribution is 2.30. The second kappa shape index (κ2) is 6.11. The van der Waals surface area contributed by atoms with E-state index < -0.39 is 10.0 Å². The first-order chi connectivity index (χ1) is 9.36. The first-order valence-corrected chi connectivity index (χ1v) is 9.17. The van der Waals surface area contributed by atoms with Gasteiger partial charge in [-0.25, -0.2) is 13.1 Å². The molecule has 0 radical (unpaired) electrons. The van der Waals surface area contributed by atoms with Crippen molar-refractivity contribution in [3.05, 3.63) is 16.3 Å². The fourth-order valence-corrected chi connectivity index (χ4v) is 4.93. The minimum Gasteiger partial charge on any atom is -0.326 e. The molecule has 0 aromatic carbocycles. The molecule has 0 unspecified atom stereocenters. The van der Waals surface area contributed by atoms with E-state index in [1.807, 2.05) is 0 Å². The van der Waals surface area contributed by atoms with Crippen LogP contribution < -0.4 is 10.5 Å². The summed E-state index contributed by atoms with van der Waals surface area (Å²) in [5.74, 6) is 0. The normalized spacial score (nSPS) is 20.1. The highest BCUT2D eigenvalue weighted by atomic mass is 32.2. The molecule has 0 aliphatic carbocycles. The van der Waals surface area contributed by atoms with Gasteiger partial charge in [-0.3, -0.25) is 0 Å². The number of likely N-dealkylation sites (tertiary alicyclic amines) is 1. The number of nitrogens with two attached hydrogens (primary N) is 1. The van der Waals surface area contributed by atoms with Gasteiger partial charge in [-0.1, -0.05) is 6.92 Å². The van der Waals surface area contributed by atoms with Gasteiger partial charge in [0.05, 0.1) is 4.90 Å². The molecule has 1 aromatic heterocycles. The highest BCUT2D eigenvalue weighted by Gasteiger charge is 2.31. The summed E-state index contributed by atoms with van der Waals surface area (Å²) in [6, 6.07) is 1.63. The molecule has 20 heavy (non-hydrogen) atoms. The number of nitrogens with zero attached hydrogens (tertiary/aromatic N) is 1. The first kappa shape index (κ1) is 15.9. The molecule has 1 saturated heterocycles. The molecular weight excluding hydrogens is 294 g/mol. The van der Waals surface area contributed by atoms with E-state index in [4.69, 9.17) is 5.73 Å². The van der Waals surface area contributed by atoms with Gasteiger partial charge in [-0.05, 0) is 49.8 Å². The molecule has 0 atom stereocenters. The molecule has 3 N–H and O–H groups in total. The van der Waals surface area contributed by atoms with Crippen LogP contribution in [0, 0.1) is 5.41 Å². The Balaban J connectivity index is 2.03. The van der Waals surface area contributed by atoms with E-state index in [2.05, 4.69) is 23.6 Å². The van der Waals surface area contributed by atoms with Crippen LogP contribution in [-0.4, -0.2) is 40.0 Å². The van der Waals surface area contributed by atoms with E-state index in [0.29, 0.717) is 16.3 Å². The molecule has 114 valence electrons. The quantitative estimate of drug-likeness (QED) is 0.856. The van der Waals surface area contributed by atoms with E-state index in [9.17, 15) is 8.42 Å². The number of hydrogen-bond acceptors (Lipinski definition) is 5. The maximum absolute atomic E-state index is 12.4. The standard InChI is InChI=1S/C13H23N3O2S2/c1-13(4-6-16(2)7-5-13)10-15-20(17,18)12-3-8-19-11(12)9-14/h3,8,15H,4-7,9-10,14H2,1-2H3. The molecule has 1 aliphatic heterocycles. The van der Waals surface area contributed by atoms with Crippen molar-refractivity contribution < 1.29 is 8.42 Å². The molecular formula is C13H23N3O2S2. The van der Waals surface area contributed by atoms with Gasteiger partial charge in [0.25, 0.3) is 0 Å². The van der Waals surface area contributed by atoms with Gasteiger partial charge in [0.1, 0.15) is 0 Å². The van der Waals surface area contributed by atoms with Gasteiger partial charge in [0.2, 0.25) is 10.0 Å². The van der Waals surface area contributed by atoms with Crippen molar-refractivity contribution in [1.82, 2.24) is 9.62 Å². The van der Waals surface area contributed by atoms with E-state index in [1.54, 1.807) is 11.4 Å². The van der Waals surface area contributed by atoms with E-state index in [-0.39, 0.29) is 12.0 Å². The zero-order chi connectivity index (χ0) is 14.8. The van der Waals surface area contributed by atoms with E-state index in [0.717, 1.165) is 25.9 Å². The molecule has 2 rings (SSSR count). The van der Waals surface area contributed by atoms with Crippen molar-refractivity contribution in [1.29, 1.82) is 0 Å². The van der Waals surface area contributed by atoms with Crippen LogP contribution in [0.4, 0.5) is 0 Å². The lowest BCUT2D eigenvalue weighted by molar-refractivity contribution is 0.143. The number of thiophene rings is 1. The number of nitrogens with one attached hydrogen (secondary N) is 1. The molecule has 0 amide bonds. The Morgan fingerprint density at radius 3 is 2.70 bits per heavy atom. The number of piperidine rings is 1. The Labute approximate surface area is 125 Å². The lowest BCUT2D eigenvalue weighted by Crippen LogP contribution is -2.43. The Morgan fingerprint density at radius 2 is 2.10 bits per heavy atom. The largest absolute Gasteiger partial charge is 0.326 e. The average Bonchev–Trinajstić information content (AvgIpc) is 2.90. The first-order valence-electron chi connectivity index (χ1n) is 6.81. The van der Waals surface area contributed by atoms with Gasteiger partial charge >= 0.3 is 0 Å². The SMILES string of the molecule is CN1CCC(C)(CNS(=O)(=O)c2ccsc2CN)CC1. The zero-order valence-corrected chi connectivity index (χ0v) is 13.7. The Bertz CT molecular complexity index is 546. The van der Waals surface area contributed by atoms with Crippen molar-refractivity contribution >= 4 is 21.4 Å². The molecule has 7 heteroatoms. The molecule has 0 saturated carbocycles. The molecule has 2 heterocycles. The molecule has 1 aromatic rings. The lowest BCUT2D eigenvalue weighted by Gasteiger charge is -2.37. The summed E-state index contributed by atoms with van der Waals surface area (Å²) in [6.45, 7) is 4.94. The number of rotatable bonds is 5. The second-order valence-corrected chi connectivity index (χ2v) is 8.59. The summed E-state index contributed by atoms with van der Waals surface area (Å²) in [5.41, 5.74) is 5.62. The van der Waals surface area contributed by atoms with Gasteiger partial charge in [0, 0.05) is 18.0 Å². The van der Waals surface area contributed by atoms with E-state index >= 15 is 0 Å². The minimum atomic E-state index is -3.44.